The Morgan fingerprint density at radius 3 is 2.18 bits per heavy atom. The number of unbranched alkanes of at least 4 members (excludes halogenated alkanes) is 1. The number of nitrogens with two attached hydrogens (primary N) is 3. The summed E-state index contributed by atoms with van der Waals surface area (Å²) in [6.07, 6.45) is 4.20. The van der Waals surface area contributed by atoms with E-state index in [1.54, 1.807) is 4.90 Å². The van der Waals surface area contributed by atoms with Gasteiger partial charge in [0.1, 0.15) is 11.4 Å². The van der Waals surface area contributed by atoms with Crippen molar-refractivity contribution in [2.75, 3.05) is 19.6 Å². The summed E-state index contributed by atoms with van der Waals surface area (Å²) in [7, 11) is 0. The molecule has 28 heavy (non-hydrogen) atoms. The molecule has 10 heteroatoms. The average Bonchev–Trinajstić information content (AvgIpc) is 2.59. The van der Waals surface area contributed by atoms with E-state index in [4.69, 9.17) is 17.2 Å². The molecule has 0 atom stereocenters. The Hall–Kier alpha value is -2.78. The van der Waals surface area contributed by atoms with Crippen LogP contribution >= 0.6 is 0 Å². The van der Waals surface area contributed by atoms with Gasteiger partial charge in [0, 0.05) is 31.1 Å². The van der Waals surface area contributed by atoms with E-state index in [1.165, 1.54) is 0 Å². The lowest BCUT2D eigenvalue weighted by molar-refractivity contribution is -0.138. The van der Waals surface area contributed by atoms with Gasteiger partial charge < -0.3 is 22.1 Å². The predicted octanol–water partition coefficient (Wildman–Crippen LogP) is 0.0296. The number of carbonyl (C=O) groups is 4. The molecular weight excluding hydrogens is 364 g/mol. The molecular formula is C18H28N6O4. The summed E-state index contributed by atoms with van der Waals surface area (Å²) in [5.74, 6) is -1.79. The first kappa shape index (κ1) is 20.0. The third-order valence-corrected chi connectivity index (χ3v) is 6.10. The molecule has 1 saturated carbocycles. The highest BCUT2D eigenvalue weighted by Crippen LogP contribution is 2.45. The fourth-order valence-electron chi connectivity index (χ4n) is 4.44. The van der Waals surface area contributed by atoms with Gasteiger partial charge in [0.25, 0.3) is 11.8 Å². The Balaban J connectivity index is 1.76. The van der Waals surface area contributed by atoms with Gasteiger partial charge in [0.2, 0.25) is 0 Å². The molecule has 0 unspecified atom stereocenters. The van der Waals surface area contributed by atoms with Crippen LogP contribution in [0.25, 0.3) is 0 Å². The lowest BCUT2D eigenvalue weighted by Crippen LogP contribution is -2.64. The van der Waals surface area contributed by atoms with Crippen LogP contribution in [-0.4, -0.2) is 64.3 Å². The SMILES string of the molecule is CCCCN1C(=O)C(=C(N)N)C(=O)N(C2CCC3(CC2)CN(C(N)=O)C3)C1=O. The van der Waals surface area contributed by atoms with Crippen molar-refractivity contribution in [1.29, 1.82) is 0 Å². The zero-order valence-electron chi connectivity index (χ0n) is 16.1. The molecule has 0 aromatic heterocycles. The van der Waals surface area contributed by atoms with Gasteiger partial charge in [0.15, 0.2) is 0 Å². The quantitative estimate of drug-likeness (QED) is 0.452. The summed E-state index contributed by atoms with van der Waals surface area (Å²) in [6, 6.07) is -1.34. The van der Waals surface area contributed by atoms with Crippen LogP contribution in [0.3, 0.4) is 0 Å². The minimum absolute atomic E-state index is 0.0106. The first-order chi connectivity index (χ1) is 13.2. The number of barbiturate groups is 1. The normalized spacial score (nSPS) is 22.7. The third kappa shape index (κ3) is 3.27. The minimum Gasteiger partial charge on any atom is -0.385 e. The molecule has 2 aliphatic heterocycles. The zero-order valence-corrected chi connectivity index (χ0v) is 16.1. The van der Waals surface area contributed by atoms with Gasteiger partial charge in [-0.1, -0.05) is 13.3 Å². The van der Waals surface area contributed by atoms with Crippen molar-refractivity contribution in [3.63, 3.8) is 0 Å². The molecule has 3 rings (SSSR count). The Labute approximate surface area is 163 Å². The van der Waals surface area contributed by atoms with E-state index in [0.717, 1.165) is 29.1 Å². The first-order valence-corrected chi connectivity index (χ1v) is 9.70. The minimum atomic E-state index is -0.719. The van der Waals surface area contributed by atoms with Crippen LogP contribution in [0.2, 0.25) is 0 Å². The van der Waals surface area contributed by atoms with E-state index < -0.39 is 23.9 Å². The molecule has 154 valence electrons. The van der Waals surface area contributed by atoms with E-state index in [0.29, 0.717) is 32.4 Å². The van der Waals surface area contributed by atoms with Crippen LogP contribution in [0, 0.1) is 5.41 Å². The van der Waals surface area contributed by atoms with Crippen molar-refractivity contribution >= 4 is 23.9 Å². The van der Waals surface area contributed by atoms with Crippen molar-refractivity contribution in [3.8, 4) is 0 Å². The van der Waals surface area contributed by atoms with Crippen LogP contribution in [0.15, 0.2) is 11.4 Å². The molecule has 0 aromatic rings. The maximum absolute atomic E-state index is 12.9. The molecule has 2 heterocycles. The molecule has 3 fully saturated rings. The van der Waals surface area contributed by atoms with E-state index >= 15 is 0 Å². The third-order valence-electron chi connectivity index (χ3n) is 6.10. The van der Waals surface area contributed by atoms with Gasteiger partial charge in [-0.2, -0.15) is 0 Å². The van der Waals surface area contributed by atoms with Crippen molar-refractivity contribution in [2.45, 2.75) is 51.5 Å². The molecule has 0 radical (unpaired) electrons. The topological polar surface area (TPSA) is 156 Å². The molecule has 0 aromatic carbocycles. The second-order valence-corrected chi connectivity index (χ2v) is 8.02. The van der Waals surface area contributed by atoms with Gasteiger partial charge in [0.05, 0.1) is 0 Å². The summed E-state index contributed by atoms with van der Waals surface area (Å²) in [5, 5.41) is 0. The highest BCUT2D eigenvalue weighted by Gasteiger charge is 2.51. The highest BCUT2D eigenvalue weighted by molar-refractivity contribution is 6.29. The standard InChI is InChI=1S/C18H28N6O4/c1-2-3-8-23-14(25)12(13(19)20)15(26)24(17(23)28)11-4-6-18(7-5-11)9-22(10-18)16(21)27/h11H,2-10,19-20H2,1H3,(H2,21,27). The van der Waals surface area contributed by atoms with Gasteiger partial charge in [-0.05, 0) is 32.1 Å². The van der Waals surface area contributed by atoms with Crippen molar-refractivity contribution in [2.24, 2.45) is 22.6 Å². The predicted molar refractivity (Wildman–Crippen MR) is 100 cm³/mol. The molecule has 6 amide bonds. The van der Waals surface area contributed by atoms with E-state index in [9.17, 15) is 19.2 Å². The lowest BCUT2D eigenvalue weighted by atomic mass is 9.67. The Kier molecular flexibility index (Phi) is 5.22. The van der Waals surface area contributed by atoms with Crippen molar-refractivity contribution < 1.29 is 19.2 Å². The van der Waals surface area contributed by atoms with Crippen LogP contribution in [0.5, 0.6) is 0 Å². The van der Waals surface area contributed by atoms with Gasteiger partial charge in [-0.3, -0.25) is 19.4 Å². The molecule has 6 N–H and O–H groups in total. The number of imide groups is 2. The first-order valence-electron chi connectivity index (χ1n) is 9.70. The number of nitrogens with zero attached hydrogens (tertiary/aromatic N) is 3. The van der Waals surface area contributed by atoms with E-state index in [-0.39, 0.29) is 29.4 Å². The summed E-state index contributed by atoms with van der Waals surface area (Å²) >= 11 is 0. The maximum atomic E-state index is 12.9. The number of likely N-dealkylation sites (tertiary alicyclic amines) is 1. The largest absolute Gasteiger partial charge is 0.385 e. The monoisotopic (exact) mass is 392 g/mol. The van der Waals surface area contributed by atoms with Gasteiger partial charge >= 0.3 is 12.1 Å². The summed E-state index contributed by atoms with van der Waals surface area (Å²) in [4.78, 5) is 53.4. The molecule has 1 spiro atoms. The fraction of sp³-hybridized carbons (Fsp3) is 0.667. The Bertz CT molecular complexity index is 728. The van der Waals surface area contributed by atoms with Crippen molar-refractivity contribution in [1.82, 2.24) is 14.7 Å². The Morgan fingerprint density at radius 2 is 1.68 bits per heavy atom. The fourth-order valence-corrected chi connectivity index (χ4v) is 4.44. The zero-order chi connectivity index (χ0) is 20.6. The molecule has 0 bridgehead atoms. The average molecular weight is 392 g/mol. The van der Waals surface area contributed by atoms with Gasteiger partial charge in [-0.15, -0.1) is 0 Å². The van der Waals surface area contributed by atoms with Gasteiger partial charge in [-0.25, -0.2) is 9.59 Å². The number of urea groups is 2. The smallest absolute Gasteiger partial charge is 0.334 e. The van der Waals surface area contributed by atoms with Crippen LogP contribution in [0.4, 0.5) is 9.59 Å². The number of amides is 6. The van der Waals surface area contributed by atoms with Crippen LogP contribution in [-0.2, 0) is 9.59 Å². The highest BCUT2D eigenvalue weighted by atomic mass is 16.2. The lowest BCUT2D eigenvalue weighted by Gasteiger charge is -2.54. The second kappa shape index (κ2) is 7.33. The number of hydrogen-bond donors (Lipinski definition) is 3. The molecule has 3 aliphatic rings. The number of hydrogen-bond acceptors (Lipinski definition) is 6. The van der Waals surface area contributed by atoms with E-state index in [2.05, 4.69) is 0 Å². The Morgan fingerprint density at radius 1 is 1.07 bits per heavy atom. The number of rotatable bonds is 4. The molecule has 10 nitrogen and oxygen atoms in total. The maximum Gasteiger partial charge on any atom is 0.334 e. The second-order valence-electron chi connectivity index (χ2n) is 8.02. The summed E-state index contributed by atoms with van der Waals surface area (Å²) < 4.78 is 0. The van der Waals surface area contributed by atoms with Crippen molar-refractivity contribution in [3.05, 3.63) is 11.4 Å². The van der Waals surface area contributed by atoms with Crippen LogP contribution < -0.4 is 17.2 Å². The number of carbonyl (C=O) groups excluding carboxylic acids is 4. The number of primary amides is 1. The summed E-state index contributed by atoms with van der Waals surface area (Å²) in [6.45, 7) is 3.39. The molecule has 2 saturated heterocycles. The van der Waals surface area contributed by atoms with Crippen LogP contribution in [0.1, 0.15) is 45.4 Å². The van der Waals surface area contributed by atoms with E-state index in [1.807, 2.05) is 6.92 Å². The summed E-state index contributed by atoms with van der Waals surface area (Å²) in [5.41, 5.74) is 16.2. The molecule has 1 aliphatic carbocycles.